The van der Waals surface area contributed by atoms with E-state index in [-0.39, 0.29) is 18.3 Å². The molecule has 2 atom stereocenters. The number of benzene rings is 1. The van der Waals surface area contributed by atoms with Gasteiger partial charge < -0.3 is 9.84 Å². The molecule has 1 heterocycles. The molecule has 20 heavy (non-hydrogen) atoms. The van der Waals surface area contributed by atoms with Gasteiger partial charge in [-0.15, -0.1) is 0 Å². The Morgan fingerprint density at radius 1 is 1.55 bits per heavy atom. The highest BCUT2D eigenvalue weighted by molar-refractivity contribution is 6.00. The van der Waals surface area contributed by atoms with Crippen molar-refractivity contribution in [1.29, 1.82) is 0 Å². The first kappa shape index (κ1) is 15.0. The zero-order valence-corrected chi connectivity index (χ0v) is 11.2. The molecule has 1 saturated heterocycles. The standard InChI is InChI=1S/C14H17F2NO3/c1-9(17-4-5-20-11(7-17)8-18)14(19)12-3-2-10(15)6-13(12)16/h2-3,6,9,11,18H,4-5,7-8H2,1H3. The fraction of sp³-hybridized carbons (Fsp3) is 0.500. The molecule has 4 nitrogen and oxygen atoms in total. The van der Waals surface area contributed by atoms with Gasteiger partial charge in [-0.1, -0.05) is 0 Å². The summed E-state index contributed by atoms with van der Waals surface area (Å²) in [6.45, 7) is 2.90. The molecule has 1 aromatic carbocycles. The van der Waals surface area contributed by atoms with E-state index in [4.69, 9.17) is 9.84 Å². The molecule has 110 valence electrons. The topological polar surface area (TPSA) is 49.8 Å². The molecule has 6 heteroatoms. The van der Waals surface area contributed by atoms with Crippen molar-refractivity contribution in [2.45, 2.75) is 19.1 Å². The second-order valence-electron chi connectivity index (χ2n) is 4.83. The number of carbonyl (C=O) groups excluding carboxylic acids is 1. The number of ether oxygens (including phenoxy) is 1. The monoisotopic (exact) mass is 285 g/mol. The Bertz CT molecular complexity index is 495. The van der Waals surface area contributed by atoms with Gasteiger partial charge in [0, 0.05) is 19.2 Å². The Labute approximate surface area is 116 Å². The highest BCUT2D eigenvalue weighted by atomic mass is 19.1. The number of aliphatic hydroxyl groups is 1. The van der Waals surface area contributed by atoms with E-state index in [1.165, 1.54) is 0 Å². The van der Waals surface area contributed by atoms with E-state index in [0.717, 1.165) is 12.1 Å². The Hall–Kier alpha value is -1.37. The second kappa shape index (κ2) is 6.39. The van der Waals surface area contributed by atoms with Crippen LogP contribution in [0.4, 0.5) is 8.78 Å². The molecule has 0 radical (unpaired) electrons. The zero-order valence-electron chi connectivity index (χ0n) is 11.2. The Kier molecular flexibility index (Phi) is 4.80. The van der Waals surface area contributed by atoms with E-state index < -0.39 is 23.5 Å². The van der Waals surface area contributed by atoms with E-state index in [1.54, 1.807) is 6.92 Å². The average molecular weight is 285 g/mol. The highest BCUT2D eigenvalue weighted by Crippen LogP contribution is 2.16. The fourth-order valence-corrected chi connectivity index (χ4v) is 2.28. The van der Waals surface area contributed by atoms with E-state index in [2.05, 4.69) is 0 Å². The number of halogens is 2. The average Bonchev–Trinajstić information content (AvgIpc) is 2.46. The summed E-state index contributed by atoms with van der Waals surface area (Å²) in [4.78, 5) is 14.1. The van der Waals surface area contributed by atoms with Crippen LogP contribution in [0.3, 0.4) is 0 Å². The lowest BCUT2D eigenvalue weighted by atomic mass is 10.0. The summed E-state index contributed by atoms with van der Waals surface area (Å²) in [5, 5.41) is 9.08. The Morgan fingerprint density at radius 3 is 2.95 bits per heavy atom. The lowest BCUT2D eigenvalue weighted by Gasteiger charge is -2.35. The van der Waals surface area contributed by atoms with Gasteiger partial charge in [-0.25, -0.2) is 8.78 Å². The molecule has 1 aromatic rings. The van der Waals surface area contributed by atoms with E-state index >= 15 is 0 Å². The van der Waals surface area contributed by atoms with Crippen LogP contribution in [0.1, 0.15) is 17.3 Å². The van der Waals surface area contributed by atoms with Crippen molar-refractivity contribution in [3.05, 3.63) is 35.4 Å². The van der Waals surface area contributed by atoms with Gasteiger partial charge in [0.25, 0.3) is 0 Å². The minimum Gasteiger partial charge on any atom is -0.394 e. The molecular formula is C14H17F2NO3. The molecular weight excluding hydrogens is 268 g/mol. The van der Waals surface area contributed by atoms with Crippen molar-refractivity contribution in [3.63, 3.8) is 0 Å². The third kappa shape index (κ3) is 3.20. The lowest BCUT2D eigenvalue weighted by molar-refractivity contribution is -0.0593. The normalized spacial score (nSPS) is 21.7. The lowest BCUT2D eigenvalue weighted by Crippen LogP contribution is -2.50. The van der Waals surface area contributed by atoms with E-state index in [0.29, 0.717) is 25.8 Å². The minimum atomic E-state index is -0.853. The molecule has 1 aliphatic heterocycles. The third-order valence-electron chi connectivity index (χ3n) is 3.50. The number of carbonyl (C=O) groups is 1. The van der Waals surface area contributed by atoms with Crippen LogP contribution >= 0.6 is 0 Å². The molecule has 1 fully saturated rings. The predicted molar refractivity (Wildman–Crippen MR) is 68.5 cm³/mol. The van der Waals surface area contributed by atoms with E-state index in [1.807, 2.05) is 4.90 Å². The van der Waals surface area contributed by atoms with Crippen molar-refractivity contribution >= 4 is 5.78 Å². The minimum absolute atomic E-state index is 0.119. The van der Waals surface area contributed by atoms with Crippen LogP contribution in [0.5, 0.6) is 0 Å². The number of nitrogens with zero attached hydrogens (tertiary/aromatic N) is 1. The van der Waals surface area contributed by atoms with Gasteiger partial charge in [0.15, 0.2) is 5.78 Å². The van der Waals surface area contributed by atoms with Crippen LogP contribution in [0.15, 0.2) is 18.2 Å². The number of hydrogen-bond donors (Lipinski definition) is 1. The SMILES string of the molecule is CC(C(=O)c1ccc(F)cc1F)N1CCOC(CO)C1. The van der Waals surface area contributed by atoms with Crippen LogP contribution in [-0.4, -0.2) is 54.2 Å². The summed E-state index contributed by atoms with van der Waals surface area (Å²) in [7, 11) is 0. The molecule has 2 rings (SSSR count). The number of hydrogen-bond acceptors (Lipinski definition) is 4. The van der Waals surface area contributed by atoms with Crippen LogP contribution < -0.4 is 0 Å². The first-order valence-corrected chi connectivity index (χ1v) is 6.48. The summed E-state index contributed by atoms with van der Waals surface area (Å²) in [5.74, 6) is -1.96. The largest absolute Gasteiger partial charge is 0.394 e. The first-order valence-electron chi connectivity index (χ1n) is 6.48. The molecule has 0 bridgehead atoms. The quantitative estimate of drug-likeness (QED) is 0.845. The van der Waals surface area contributed by atoms with Gasteiger partial charge in [-0.05, 0) is 19.1 Å². The number of rotatable bonds is 4. The smallest absolute Gasteiger partial charge is 0.182 e. The zero-order chi connectivity index (χ0) is 14.7. The number of Topliss-reactive ketones (excluding diaryl/α,β-unsaturated/α-hetero) is 1. The summed E-state index contributed by atoms with van der Waals surface area (Å²) >= 11 is 0. The van der Waals surface area contributed by atoms with Crippen molar-refractivity contribution in [2.24, 2.45) is 0 Å². The maximum absolute atomic E-state index is 13.6. The predicted octanol–water partition coefficient (Wildman–Crippen LogP) is 1.23. The van der Waals surface area contributed by atoms with Gasteiger partial charge in [-0.2, -0.15) is 0 Å². The number of aliphatic hydroxyl groups excluding tert-OH is 1. The van der Waals surface area contributed by atoms with Crippen molar-refractivity contribution in [3.8, 4) is 0 Å². The second-order valence-corrected chi connectivity index (χ2v) is 4.83. The Balaban J connectivity index is 2.11. The van der Waals surface area contributed by atoms with Crippen LogP contribution in [0, 0.1) is 11.6 Å². The molecule has 0 spiro atoms. The summed E-state index contributed by atoms with van der Waals surface area (Å²) in [5.41, 5.74) is -0.119. The molecule has 0 aromatic heterocycles. The Morgan fingerprint density at radius 2 is 2.30 bits per heavy atom. The fourth-order valence-electron chi connectivity index (χ4n) is 2.28. The number of ketones is 1. The van der Waals surface area contributed by atoms with Crippen molar-refractivity contribution < 1.29 is 23.4 Å². The van der Waals surface area contributed by atoms with Gasteiger partial charge in [-0.3, -0.25) is 9.69 Å². The molecule has 1 aliphatic rings. The number of morpholine rings is 1. The molecule has 0 saturated carbocycles. The maximum Gasteiger partial charge on any atom is 0.182 e. The van der Waals surface area contributed by atoms with Crippen LogP contribution in [0.2, 0.25) is 0 Å². The van der Waals surface area contributed by atoms with Crippen molar-refractivity contribution in [2.75, 3.05) is 26.3 Å². The van der Waals surface area contributed by atoms with Gasteiger partial charge >= 0.3 is 0 Å². The maximum atomic E-state index is 13.6. The molecule has 0 aliphatic carbocycles. The summed E-state index contributed by atoms with van der Waals surface area (Å²) in [6, 6.07) is 2.38. The first-order chi connectivity index (χ1) is 9.52. The molecule has 1 N–H and O–H groups in total. The van der Waals surface area contributed by atoms with Crippen LogP contribution in [-0.2, 0) is 4.74 Å². The molecule has 2 unspecified atom stereocenters. The van der Waals surface area contributed by atoms with Gasteiger partial charge in [0.05, 0.1) is 30.9 Å². The van der Waals surface area contributed by atoms with Crippen molar-refractivity contribution in [1.82, 2.24) is 4.90 Å². The summed E-state index contributed by atoms with van der Waals surface area (Å²) < 4.78 is 31.8. The highest BCUT2D eigenvalue weighted by Gasteiger charge is 2.29. The van der Waals surface area contributed by atoms with Crippen LogP contribution in [0.25, 0.3) is 0 Å². The van der Waals surface area contributed by atoms with Gasteiger partial charge in [0.1, 0.15) is 11.6 Å². The summed E-state index contributed by atoms with van der Waals surface area (Å²) in [6.07, 6.45) is -0.336. The molecule has 0 amide bonds. The third-order valence-corrected chi connectivity index (χ3v) is 3.50. The van der Waals surface area contributed by atoms with Gasteiger partial charge in [0.2, 0.25) is 0 Å². The van der Waals surface area contributed by atoms with E-state index in [9.17, 15) is 13.6 Å².